The van der Waals surface area contributed by atoms with Crippen molar-refractivity contribution in [1.82, 2.24) is 4.90 Å². The molecule has 4 nitrogen and oxygen atoms in total. The average molecular weight is 305 g/mol. The van der Waals surface area contributed by atoms with Crippen molar-refractivity contribution < 1.29 is 14.6 Å². The standard InChI is InChI=1S/C18H27NO3/c1-14-3-4-15(2)17(9-14)22-16-5-7-19(8-6-16)10-18(11-20)12-21-13-18/h3-4,9,16,20H,5-8,10-13H2,1-2H3. The normalized spacial score (nSPS) is 22.3. The van der Waals surface area contributed by atoms with Gasteiger partial charge in [-0.1, -0.05) is 12.1 Å². The van der Waals surface area contributed by atoms with Gasteiger partial charge in [-0.25, -0.2) is 0 Å². The van der Waals surface area contributed by atoms with Gasteiger partial charge in [0.05, 0.1) is 25.2 Å². The van der Waals surface area contributed by atoms with Crippen molar-refractivity contribution >= 4 is 0 Å². The molecular formula is C18H27NO3. The van der Waals surface area contributed by atoms with Crippen molar-refractivity contribution in [1.29, 1.82) is 0 Å². The van der Waals surface area contributed by atoms with Gasteiger partial charge in [0.25, 0.3) is 0 Å². The van der Waals surface area contributed by atoms with Crippen LogP contribution in [0.3, 0.4) is 0 Å². The van der Waals surface area contributed by atoms with Crippen molar-refractivity contribution in [3.63, 3.8) is 0 Å². The monoisotopic (exact) mass is 305 g/mol. The quantitative estimate of drug-likeness (QED) is 0.905. The second-order valence-corrected chi connectivity index (χ2v) is 7.01. The van der Waals surface area contributed by atoms with Crippen molar-refractivity contribution in [2.24, 2.45) is 5.41 Å². The SMILES string of the molecule is Cc1ccc(C)c(OC2CCN(CC3(CO)COC3)CC2)c1. The molecule has 2 heterocycles. The van der Waals surface area contributed by atoms with Gasteiger partial charge in [-0.15, -0.1) is 0 Å². The largest absolute Gasteiger partial charge is 0.490 e. The molecule has 2 aliphatic heterocycles. The van der Waals surface area contributed by atoms with E-state index in [0.29, 0.717) is 19.3 Å². The highest BCUT2D eigenvalue weighted by atomic mass is 16.5. The Morgan fingerprint density at radius 3 is 2.59 bits per heavy atom. The van der Waals surface area contributed by atoms with E-state index in [2.05, 4.69) is 36.9 Å². The highest BCUT2D eigenvalue weighted by Gasteiger charge is 2.40. The number of ether oxygens (including phenoxy) is 2. The van der Waals surface area contributed by atoms with Crippen LogP contribution >= 0.6 is 0 Å². The van der Waals surface area contributed by atoms with Crippen LogP contribution in [-0.4, -0.2) is 55.6 Å². The first-order valence-corrected chi connectivity index (χ1v) is 8.25. The minimum absolute atomic E-state index is 0.0131. The molecule has 0 spiro atoms. The number of aliphatic hydroxyl groups is 1. The molecule has 122 valence electrons. The highest BCUT2D eigenvalue weighted by Crippen LogP contribution is 2.30. The topological polar surface area (TPSA) is 41.9 Å². The van der Waals surface area contributed by atoms with Crippen LogP contribution in [-0.2, 0) is 4.74 Å². The molecule has 4 heteroatoms. The number of hydrogen-bond acceptors (Lipinski definition) is 4. The lowest BCUT2D eigenvalue weighted by Gasteiger charge is -2.44. The molecule has 0 aromatic heterocycles. The third kappa shape index (κ3) is 3.45. The van der Waals surface area contributed by atoms with Gasteiger partial charge >= 0.3 is 0 Å². The van der Waals surface area contributed by atoms with E-state index in [9.17, 15) is 5.11 Å². The first-order chi connectivity index (χ1) is 10.6. The second kappa shape index (κ2) is 6.57. The number of benzene rings is 1. The molecular weight excluding hydrogens is 278 g/mol. The van der Waals surface area contributed by atoms with Gasteiger partial charge in [-0.05, 0) is 43.9 Å². The number of nitrogens with zero attached hydrogens (tertiary/aromatic N) is 1. The van der Waals surface area contributed by atoms with Crippen LogP contribution in [0.2, 0.25) is 0 Å². The van der Waals surface area contributed by atoms with E-state index in [-0.39, 0.29) is 12.0 Å². The third-order valence-electron chi connectivity index (χ3n) is 4.88. The van der Waals surface area contributed by atoms with E-state index >= 15 is 0 Å². The minimum Gasteiger partial charge on any atom is -0.490 e. The van der Waals surface area contributed by atoms with Gasteiger partial charge in [-0.2, -0.15) is 0 Å². The number of piperidine rings is 1. The molecule has 1 aromatic carbocycles. The van der Waals surface area contributed by atoms with E-state index in [1.807, 2.05) is 0 Å². The summed E-state index contributed by atoms with van der Waals surface area (Å²) in [7, 11) is 0. The lowest BCUT2D eigenvalue weighted by atomic mass is 9.86. The maximum Gasteiger partial charge on any atom is 0.122 e. The molecule has 0 bridgehead atoms. The fourth-order valence-electron chi connectivity index (χ4n) is 3.30. The zero-order valence-corrected chi connectivity index (χ0v) is 13.7. The third-order valence-corrected chi connectivity index (χ3v) is 4.88. The van der Waals surface area contributed by atoms with Crippen LogP contribution < -0.4 is 4.74 Å². The summed E-state index contributed by atoms with van der Waals surface area (Å²) in [5.74, 6) is 1.03. The van der Waals surface area contributed by atoms with Gasteiger partial charge in [0.2, 0.25) is 0 Å². The Balaban J connectivity index is 1.50. The van der Waals surface area contributed by atoms with Gasteiger partial charge in [-0.3, -0.25) is 0 Å². The van der Waals surface area contributed by atoms with Crippen molar-refractivity contribution in [2.45, 2.75) is 32.8 Å². The van der Waals surface area contributed by atoms with E-state index < -0.39 is 0 Å². The van der Waals surface area contributed by atoms with Crippen molar-refractivity contribution in [3.05, 3.63) is 29.3 Å². The van der Waals surface area contributed by atoms with E-state index in [1.54, 1.807) is 0 Å². The van der Waals surface area contributed by atoms with Crippen LogP contribution in [0.5, 0.6) is 5.75 Å². The van der Waals surface area contributed by atoms with Gasteiger partial charge < -0.3 is 19.5 Å². The highest BCUT2D eigenvalue weighted by molar-refractivity contribution is 5.36. The van der Waals surface area contributed by atoms with E-state index in [1.165, 1.54) is 11.1 Å². The van der Waals surface area contributed by atoms with Crippen LogP contribution in [0.25, 0.3) is 0 Å². The summed E-state index contributed by atoms with van der Waals surface area (Å²) in [5.41, 5.74) is 2.44. The van der Waals surface area contributed by atoms with E-state index in [4.69, 9.17) is 9.47 Å². The fraction of sp³-hybridized carbons (Fsp3) is 0.667. The summed E-state index contributed by atoms with van der Waals surface area (Å²) in [5, 5.41) is 9.54. The predicted molar refractivity (Wildman–Crippen MR) is 86.3 cm³/mol. The molecule has 0 radical (unpaired) electrons. The second-order valence-electron chi connectivity index (χ2n) is 7.01. The Bertz CT molecular complexity index is 500. The molecule has 2 fully saturated rings. The molecule has 1 N–H and O–H groups in total. The Morgan fingerprint density at radius 2 is 2.00 bits per heavy atom. The smallest absolute Gasteiger partial charge is 0.122 e. The molecule has 0 aliphatic carbocycles. The summed E-state index contributed by atoms with van der Waals surface area (Å²) >= 11 is 0. The molecule has 2 saturated heterocycles. The number of hydrogen-bond donors (Lipinski definition) is 1. The maximum absolute atomic E-state index is 9.54. The van der Waals surface area contributed by atoms with Crippen LogP contribution in [0.4, 0.5) is 0 Å². The Labute approximate surface area is 133 Å². The number of rotatable bonds is 5. The molecule has 0 atom stereocenters. The summed E-state index contributed by atoms with van der Waals surface area (Å²) in [6.07, 6.45) is 2.41. The Hall–Kier alpha value is -1.10. The molecule has 1 aromatic rings. The molecule has 0 unspecified atom stereocenters. The zero-order chi connectivity index (χ0) is 15.6. The van der Waals surface area contributed by atoms with Crippen LogP contribution in [0.1, 0.15) is 24.0 Å². The minimum atomic E-state index is -0.0131. The fourth-order valence-corrected chi connectivity index (χ4v) is 3.30. The molecule has 2 aliphatic rings. The molecule has 0 amide bonds. The molecule has 3 rings (SSSR count). The zero-order valence-electron chi connectivity index (χ0n) is 13.7. The average Bonchev–Trinajstić information content (AvgIpc) is 2.48. The summed E-state index contributed by atoms with van der Waals surface area (Å²) in [6, 6.07) is 6.38. The lowest BCUT2D eigenvalue weighted by molar-refractivity contribution is -0.150. The van der Waals surface area contributed by atoms with E-state index in [0.717, 1.165) is 38.2 Å². The first kappa shape index (κ1) is 15.8. The van der Waals surface area contributed by atoms with Gasteiger partial charge in [0, 0.05) is 19.6 Å². The predicted octanol–water partition coefficient (Wildman–Crippen LogP) is 2.16. The Morgan fingerprint density at radius 1 is 1.27 bits per heavy atom. The van der Waals surface area contributed by atoms with Gasteiger partial charge in [0.1, 0.15) is 11.9 Å². The molecule has 0 saturated carbocycles. The Kier molecular flexibility index (Phi) is 4.71. The summed E-state index contributed by atoms with van der Waals surface area (Å²) in [6.45, 7) is 8.85. The number of aliphatic hydroxyl groups excluding tert-OH is 1. The molecule has 22 heavy (non-hydrogen) atoms. The number of likely N-dealkylation sites (tertiary alicyclic amines) is 1. The first-order valence-electron chi connectivity index (χ1n) is 8.25. The number of aryl methyl sites for hydroxylation is 2. The van der Waals surface area contributed by atoms with Crippen LogP contribution in [0.15, 0.2) is 18.2 Å². The maximum atomic E-state index is 9.54. The summed E-state index contributed by atoms with van der Waals surface area (Å²) in [4.78, 5) is 2.45. The van der Waals surface area contributed by atoms with Crippen molar-refractivity contribution in [3.8, 4) is 5.75 Å². The lowest BCUT2D eigenvalue weighted by Crippen LogP contribution is -2.55. The van der Waals surface area contributed by atoms with Crippen molar-refractivity contribution in [2.75, 3.05) is 39.5 Å². The summed E-state index contributed by atoms with van der Waals surface area (Å²) < 4.78 is 11.5. The van der Waals surface area contributed by atoms with Crippen LogP contribution in [0, 0.1) is 19.3 Å². The van der Waals surface area contributed by atoms with Gasteiger partial charge in [0.15, 0.2) is 0 Å².